The predicted molar refractivity (Wildman–Crippen MR) is 80.9 cm³/mol. The zero-order chi connectivity index (χ0) is 17.2. The average molecular weight is 324 g/mol. The lowest BCUT2D eigenvalue weighted by atomic mass is 9.95. The zero-order valence-corrected chi connectivity index (χ0v) is 13.0. The molecule has 0 aliphatic rings. The average Bonchev–Trinajstić information content (AvgIpc) is 2.74. The molecule has 2 amide bonds. The second-order valence-corrected chi connectivity index (χ2v) is 5.50. The van der Waals surface area contributed by atoms with Crippen LogP contribution in [0.4, 0.5) is 19.4 Å². The second-order valence-electron chi connectivity index (χ2n) is 5.50. The molecule has 0 saturated heterocycles. The summed E-state index contributed by atoms with van der Waals surface area (Å²) in [7, 11) is 1.74. The van der Waals surface area contributed by atoms with Gasteiger partial charge in [0.2, 0.25) is 0 Å². The Morgan fingerprint density at radius 1 is 1.39 bits per heavy atom. The van der Waals surface area contributed by atoms with Gasteiger partial charge in [-0.25, -0.2) is 13.6 Å². The molecule has 1 aromatic heterocycles. The van der Waals surface area contributed by atoms with E-state index in [-0.39, 0.29) is 12.1 Å². The Morgan fingerprint density at radius 2 is 2.09 bits per heavy atom. The van der Waals surface area contributed by atoms with Gasteiger partial charge in [0.15, 0.2) is 5.82 Å². The highest BCUT2D eigenvalue weighted by atomic mass is 19.1. The molecular weight excluding hydrogens is 306 g/mol. The monoisotopic (exact) mass is 324 g/mol. The lowest BCUT2D eigenvalue weighted by Gasteiger charge is -2.24. The van der Waals surface area contributed by atoms with Crippen LogP contribution in [0.3, 0.4) is 0 Å². The van der Waals surface area contributed by atoms with Gasteiger partial charge in [0.05, 0.1) is 6.54 Å². The SMILES string of the molecule is Cc1cc(NC(=O)NCC(C)(O)c2ccc(F)cc2F)nn1C. The van der Waals surface area contributed by atoms with E-state index >= 15 is 0 Å². The van der Waals surface area contributed by atoms with Gasteiger partial charge >= 0.3 is 6.03 Å². The normalized spacial score (nSPS) is 13.5. The van der Waals surface area contributed by atoms with Gasteiger partial charge in [-0.2, -0.15) is 5.10 Å². The summed E-state index contributed by atoms with van der Waals surface area (Å²) >= 11 is 0. The molecule has 0 fully saturated rings. The number of carbonyl (C=O) groups is 1. The molecule has 1 aromatic carbocycles. The number of carbonyl (C=O) groups excluding carboxylic acids is 1. The Labute approximate surface area is 132 Å². The first kappa shape index (κ1) is 16.9. The van der Waals surface area contributed by atoms with Crippen LogP contribution in [-0.4, -0.2) is 27.5 Å². The van der Waals surface area contributed by atoms with Gasteiger partial charge in [0.1, 0.15) is 17.2 Å². The van der Waals surface area contributed by atoms with Crippen LogP contribution in [0.1, 0.15) is 18.2 Å². The van der Waals surface area contributed by atoms with Gasteiger partial charge in [-0.1, -0.05) is 6.07 Å². The highest BCUT2D eigenvalue weighted by Crippen LogP contribution is 2.23. The first-order chi connectivity index (χ1) is 10.7. The summed E-state index contributed by atoms with van der Waals surface area (Å²) in [5.74, 6) is -1.26. The lowest BCUT2D eigenvalue weighted by molar-refractivity contribution is 0.0561. The zero-order valence-electron chi connectivity index (χ0n) is 13.0. The van der Waals surface area contributed by atoms with E-state index in [1.807, 2.05) is 6.92 Å². The van der Waals surface area contributed by atoms with Crippen molar-refractivity contribution < 1.29 is 18.7 Å². The van der Waals surface area contributed by atoms with Gasteiger partial charge in [-0.15, -0.1) is 0 Å². The van der Waals surface area contributed by atoms with Crippen molar-refractivity contribution in [3.63, 3.8) is 0 Å². The molecule has 2 aromatic rings. The third-order valence-electron chi connectivity index (χ3n) is 3.46. The van der Waals surface area contributed by atoms with Crippen LogP contribution in [0.25, 0.3) is 0 Å². The Morgan fingerprint density at radius 3 is 2.65 bits per heavy atom. The van der Waals surface area contributed by atoms with Crippen molar-refractivity contribution in [1.82, 2.24) is 15.1 Å². The Kier molecular flexibility index (Phi) is 4.65. The highest BCUT2D eigenvalue weighted by Gasteiger charge is 2.27. The van der Waals surface area contributed by atoms with Gasteiger partial charge in [-0.05, 0) is 19.9 Å². The number of aryl methyl sites for hydroxylation is 2. The molecule has 8 heteroatoms. The van der Waals surface area contributed by atoms with Crippen LogP contribution >= 0.6 is 0 Å². The number of anilines is 1. The molecule has 3 N–H and O–H groups in total. The maximum atomic E-state index is 13.7. The number of urea groups is 1. The number of aromatic nitrogens is 2. The first-order valence-electron chi connectivity index (χ1n) is 6.92. The Bertz CT molecular complexity index is 709. The van der Waals surface area contributed by atoms with E-state index in [0.717, 1.165) is 17.8 Å². The van der Waals surface area contributed by atoms with Gasteiger partial charge in [0.25, 0.3) is 0 Å². The molecule has 124 valence electrons. The van der Waals surface area contributed by atoms with Crippen molar-refractivity contribution in [2.75, 3.05) is 11.9 Å². The van der Waals surface area contributed by atoms with E-state index in [0.29, 0.717) is 11.9 Å². The number of benzene rings is 1. The van der Waals surface area contributed by atoms with Gasteiger partial charge < -0.3 is 10.4 Å². The second kappa shape index (κ2) is 6.33. The van der Waals surface area contributed by atoms with Crippen LogP contribution in [0.2, 0.25) is 0 Å². The third-order valence-corrected chi connectivity index (χ3v) is 3.46. The van der Waals surface area contributed by atoms with E-state index < -0.39 is 23.3 Å². The minimum absolute atomic E-state index is 0.104. The summed E-state index contributed by atoms with van der Waals surface area (Å²) in [6.07, 6.45) is 0. The summed E-state index contributed by atoms with van der Waals surface area (Å²) in [5.41, 5.74) is -0.927. The van der Waals surface area contributed by atoms with Crippen molar-refractivity contribution in [2.24, 2.45) is 7.05 Å². The molecule has 2 rings (SSSR count). The lowest BCUT2D eigenvalue weighted by Crippen LogP contribution is -2.41. The van der Waals surface area contributed by atoms with Crippen LogP contribution < -0.4 is 10.6 Å². The van der Waals surface area contributed by atoms with Crippen LogP contribution in [0.5, 0.6) is 0 Å². The molecule has 0 aliphatic heterocycles. The largest absolute Gasteiger partial charge is 0.383 e. The fourth-order valence-electron chi connectivity index (χ4n) is 2.06. The summed E-state index contributed by atoms with van der Waals surface area (Å²) in [6.45, 7) is 2.90. The van der Waals surface area contributed by atoms with Crippen molar-refractivity contribution in [2.45, 2.75) is 19.4 Å². The quantitative estimate of drug-likeness (QED) is 0.805. The number of nitrogens with one attached hydrogen (secondary N) is 2. The molecule has 0 aliphatic carbocycles. The summed E-state index contributed by atoms with van der Waals surface area (Å²) in [4.78, 5) is 11.8. The fourth-order valence-corrected chi connectivity index (χ4v) is 2.06. The minimum atomic E-state index is -1.69. The summed E-state index contributed by atoms with van der Waals surface area (Å²) < 4.78 is 28.2. The van der Waals surface area contributed by atoms with Crippen molar-refractivity contribution in [3.05, 3.63) is 47.2 Å². The van der Waals surface area contributed by atoms with Gasteiger partial charge in [-0.3, -0.25) is 10.00 Å². The topological polar surface area (TPSA) is 79.2 Å². The van der Waals surface area contributed by atoms with E-state index in [4.69, 9.17) is 0 Å². The van der Waals surface area contributed by atoms with E-state index in [9.17, 15) is 18.7 Å². The number of halogens is 2. The van der Waals surface area contributed by atoms with Crippen LogP contribution in [-0.2, 0) is 12.6 Å². The molecule has 23 heavy (non-hydrogen) atoms. The number of rotatable bonds is 4. The van der Waals surface area contributed by atoms with Crippen molar-refractivity contribution in [3.8, 4) is 0 Å². The molecule has 1 unspecified atom stereocenters. The van der Waals surface area contributed by atoms with Crippen LogP contribution in [0, 0.1) is 18.6 Å². The number of hydrogen-bond acceptors (Lipinski definition) is 3. The molecule has 0 radical (unpaired) electrons. The molecule has 6 nitrogen and oxygen atoms in total. The first-order valence-corrected chi connectivity index (χ1v) is 6.92. The Hall–Kier alpha value is -2.48. The van der Waals surface area contributed by atoms with E-state index in [2.05, 4.69) is 15.7 Å². The molecule has 1 heterocycles. The summed E-state index contributed by atoms with van der Waals surface area (Å²) in [6, 6.07) is 3.96. The van der Waals surface area contributed by atoms with Crippen molar-refractivity contribution in [1.29, 1.82) is 0 Å². The molecule has 0 bridgehead atoms. The van der Waals surface area contributed by atoms with Gasteiger partial charge in [0, 0.05) is 30.4 Å². The molecular formula is C15H18F2N4O2. The number of amides is 2. The Balaban J connectivity index is 1.99. The maximum Gasteiger partial charge on any atom is 0.320 e. The highest BCUT2D eigenvalue weighted by molar-refractivity contribution is 5.88. The predicted octanol–water partition coefficient (Wildman–Crippen LogP) is 2.04. The number of hydrogen-bond donors (Lipinski definition) is 3. The fraction of sp³-hybridized carbons (Fsp3) is 0.333. The van der Waals surface area contributed by atoms with E-state index in [1.54, 1.807) is 17.8 Å². The number of nitrogens with zero attached hydrogens (tertiary/aromatic N) is 2. The van der Waals surface area contributed by atoms with Crippen molar-refractivity contribution >= 4 is 11.8 Å². The third kappa shape index (κ3) is 4.04. The maximum absolute atomic E-state index is 13.7. The minimum Gasteiger partial charge on any atom is -0.383 e. The standard InChI is InChI=1S/C15H18F2N4O2/c1-9-6-13(20-21(9)3)19-14(22)18-8-15(2,23)11-5-4-10(16)7-12(11)17/h4-7,23H,8H2,1-3H3,(H2,18,19,20,22). The molecule has 1 atom stereocenters. The summed E-state index contributed by atoms with van der Waals surface area (Å²) in [5, 5.41) is 19.3. The van der Waals surface area contributed by atoms with Crippen LogP contribution in [0.15, 0.2) is 24.3 Å². The molecule has 0 saturated carbocycles. The number of aliphatic hydroxyl groups is 1. The molecule has 0 spiro atoms. The smallest absolute Gasteiger partial charge is 0.320 e. The van der Waals surface area contributed by atoms with E-state index in [1.165, 1.54) is 6.92 Å².